The van der Waals surface area contributed by atoms with E-state index in [4.69, 9.17) is 0 Å². The van der Waals surface area contributed by atoms with E-state index < -0.39 is 0 Å². The van der Waals surface area contributed by atoms with Gasteiger partial charge >= 0.3 is 0 Å². The first-order valence-electron chi connectivity index (χ1n) is 8.42. The number of aromatic nitrogens is 2. The Morgan fingerprint density at radius 1 is 1.00 bits per heavy atom. The number of rotatable bonds is 6. The van der Waals surface area contributed by atoms with E-state index in [-0.39, 0.29) is 5.91 Å². The molecule has 0 bridgehead atoms. The number of benzene rings is 2. The number of amides is 1. The second kappa shape index (κ2) is 8.03. The number of carbonyl (C=O) groups is 1. The summed E-state index contributed by atoms with van der Waals surface area (Å²) < 4.78 is 0. The average molecular weight is 351 g/mol. The average Bonchev–Trinajstić information content (AvgIpc) is 3.09. The molecule has 0 aliphatic heterocycles. The van der Waals surface area contributed by atoms with Crippen molar-refractivity contribution < 1.29 is 4.79 Å². The van der Waals surface area contributed by atoms with E-state index in [1.165, 1.54) is 28.0 Å². The first kappa shape index (κ1) is 17.3. The van der Waals surface area contributed by atoms with Crippen molar-refractivity contribution >= 4 is 22.4 Å². The molecule has 0 saturated carbocycles. The van der Waals surface area contributed by atoms with Gasteiger partial charge in [0.15, 0.2) is 0 Å². The quantitative estimate of drug-likeness (QED) is 0.703. The topological polar surface area (TPSA) is 54.9 Å². The van der Waals surface area contributed by atoms with E-state index in [1.807, 2.05) is 31.2 Å². The second-order valence-corrected chi connectivity index (χ2v) is 6.97. The van der Waals surface area contributed by atoms with Crippen LogP contribution in [-0.2, 0) is 17.6 Å². The van der Waals surface area contributed by atoms with E-state index in [2.05, 4.69) is 46.7 Å². The fourth-order valence-electron chi connectivity index (χ4n) is 2.47. The third-order valence-corrected chi connectivity index (χ3v) is 4.93. The van der Waals surface area contributed by atoms with Gasteiger partial charge in [0, 0.05) is 12.0 Å². The van der Waals surface area contributed by atoms with Crippen molar-refractivity contribution in [1.29, 1.82) is 0 Å². The van der Waals surface area contributed by atoms with Gasteiger partial charge in [-0.3, -0.25) is 4.79 Å². The molecule has 0 atom stereocenters. The van der Waals surface area contributed by atoms with E-state index in [0.717, 1.165) is 23.4 Å². The molecular weight excluding hydrogens is 330 g/mol. The molecule has 0 radical (unpaired) electrons. The van der Waals surface area contributed by atoms with Crippen LogP contribution in [0.2, 0.25) is 0 Å². The fraction of sp³-hybridized carbons (Fsp3) is 0.250. The molecular formula is C20H21N3OS. The highest BCUT2D eigenvalue weighted by Gasteiger charge is 2.10. The smallest absolute Gasteiger partial charge is 0.226 e. The molecule has 3 aromatic rings. The van der Waals surface area contributed by atoms with Crippen LogP contribution in [0.5, 0.6) is 0 Å². The summed E-state index contributed by atoms with van der Waals surface area (Å²) in [5.41, 5.74) is 4.70. The van der Waals surface area contributed by atoms with Crippen LogP contribution in [0.3, 0.4) is 0 Å². The number of nitrogens with one attached hydrogen (secondary N) is 1. The largest absolute Gasteiger partial charge is 0.301 e. The second-order valence-electron chi connectivity index (χ2n) is 6.00. The molecule has 0 saturated heterocycles. The number of nitrogens with zero attached hydrogens (tertiary/aromatic N) is 2. The number of anilines is 1. The van der Waals surface area contributed by atoms with Gasteiger partial charge in [-0.1, -0.05) is 72.4 Å². The minimum atomic E-state index is -0.0359. The number of hydrogen-bond donors (Lipinski definition) is 1. The minimum Gasteiger partial charge on any atom is -0.301 e. The van der Waals surface area contributed by atoms with Gasteiger partial charge in [0.1, 0.15) is 5.01 Å². The lowest BCUT2D eigenvalue weighted by Gasteiger charge is -2.03. The molecule has 0 aliphatic rings. The van der Waals surface area contributed by atoms with Gasteiger partial charge in [-0.2, -0.15) is 0 Å². The molecule has 1 amide bonds. The molecule has 5 heteroatoms. The standard InChI is InChI=1S/C20H21N3OS/c1-3-15-6-8-16(9-7-15)10-13-18(24)21-20-23-22-19(25-20)17-11-4-14(2)5-12-17/h4-9,11-12H,3,10,13H2,1-2H3,(H,21,23,24). The molecule has 1 heterocycles. The summed E-state index contributed by atoms with van der Waals surface area (Å²) in [5.74, 6) is -0.0359. The van der Waals surface area contributed by atoms with Gasteiger partial charge in [0.05, 0.1) is 0 Å². The normalized spacial score (nSPS) is 10.6. The number of hydrogen-bond acceptors (Lipinski definition) is 4. The van der Waals surface area contributed by atoms with Crippen molar-refractivity contribution in [2.24, 2.45) is 0 Å². The van der Waals surface area contributed by atoms with Crippen molar-refractivity contribution in [3.8, 4) is 10.6 Å². The Bertz CT molecular complexity index is 838. The molecule has 4 nitrogen and oxygen atoms in total. The van der Waals surface area contributed by atoms with Gasteiger partial charge in [-0.25, -0.2) is 0 Å². The van der Waals surface area contributed by atoms with Gasteiger partial charge in [0.2, 0.25) is 11.0 Å². The third kappa shape index (κ3) is 4.73. The third-order valence-electron chi connectivity index (χ3n) is 4.04. The molecule has 128 valence electrons. The lowest BCUT2D eigenvalue weighted by molar-refractivity contribution is -0.116. The van der Waals surface area contributed by atoms with Gasteiger partial charge in [-0.15, -0.1) is 10.2 Å². The number of aryl methyl sites for hydroxylation is 3. The molecule has 0 fully saturated rings. The first-order valence-corrected chi connectivity index (χ1v) is 9.24. The van der Waals surface area contributed by atoms with Crippen LogP contribution in [-0.4, -0.2) is 16.1 Å². The zero-order valence-corrected chi connectivity index (χ0v) is 15.3. The lowest BCUT2D eigenvalue weighted by atomic mass is 10.1. The molecule has 25 heavy (non-hydrogen) atoms. The van der Waals surface area contributed by atoms with Gasteiger partial charge in [-0.05, 0) is 30.9 Å². The maximum atomic E-state index is 12.1. The highest BCUT2D eigenvalue weighted by Crippen LogP contribution is 2.26. The van der Waals surface area contributed by atoms with Crippen LogP contribution >= 0.6 is 11.3 Å². The van der Waals surface area contributed by atoms with Gasteiger partial charge in [0.25, 0.3) is 0 Å². The van der Waals surface area contributed by atoms with Crippen molar-refractivity contribution in [2.75, 3.05) is 5.32 Å². The fourth-order valence-corrected chi connectivity index (χ4v) is 3.23. The van der Waals surface area contributed by atoms with Crippen LogP contribution < -0.4 is 5.32 Å². The predicted octanol–water partition coefficient (Wildman–Crippen LogP) is 4.65. The summed E-state index contributed by atoms with van der Waals surface area (Å²) in [6.45, 7) is 4.18. The van der Waals surface area contributed by atoms with Crippen LogP contribution in [0.25, 0.3) is 10.6 Å². The predicted molar refractivity (Wildman–Crippen MR) is 103 cm³/mol. The lowest BCUT2D eigenvalue weighted by Crippen LogP contribution is -2.12. The van der Waals surface area contributed by atoms with Crippen LogP contribution in [0.4, 0.5) is 5.13 Å². The highest BCUT2D eigenvalue weighted by molar-refractivity contribution is 7.18. The van der Waals surface area contributed by atoms with Crippen LogP contribution in [0.15, 0.2) is 48.5 Å². The van der Waals surface area contributed by atoms with E-state index in [9.17, 15) is 4.79 Å². The first-order chi connectivity index (χ1) is 12.1. The zero-order chi connectivity index (χ0) is 17.6. The van der Waals surface area contributed by atoms with Crippen LogP contribution in [0, 0.1) is 6.92 Å². The Morgan fingerprint density at radius 2 is 1.68 bits per heavy atom. The summed E-state index contributed by atoms with van der Waals surface area (Å²) in [7, 11) is 0. The summed E-state index contributed by atoms with van der Waals surface area (Å²) >= 11 is 1.39. The van der Waals surface area contributed by atoms with E-state index >= 15 is 0 Å². The maximum absolute atomic E-state index is 12.1. The molecule has 3 rings (SSSR count). The minimum absolute atomic E-state index is 0.0359. The van der Waals surface area contributed by atoms with E-state index in [1.54, 1.807) is 0 Å². The zero-order valence-electron chi connectivity index (χ0n) is 14.5. The summed E-state index contributed by atoms with van der Waals surface area (Å²) in [6, 6.07) is 16.5. The van der Waals surface area contributed by atoms with Crippen molar-refractivity contribution in [1.82, 2.24) is 10.2 Å². The van der Waals surface area contributed by atoms with Gasteiger partial charge < -0.3 is 5.32 Å². The number of carbonyl (C=O) groups excluding carboxylic acids is 1. The Hall–Kier alpha value is -2.53. The Morgan fingerprint density at radius 3 is 2.36 bits per heavy atom. The summed E-state index contributed by atoms with van der Waals surface area (Å²) in [4.78, 5) is 12.1. The molecule has 1 N–H and O–H groups in total. The molecule has 2 aromatic carbocycles. The Kier molecular flexibility index (Phi) is 5.56. The molecule has 0 unspecified atom stereocenters. The maximum Gasteiger partial charge on any atom is 0.226 e. The summed E-state index contributed by atoms with van der Waals surface area (Å²) in [5, 5.41) is 12.4. The van der Waals surface area contributed by atoms with Crippen molar-refractivity contribution in [3.63, 3.8) is 0 Å². The summed E-state index contributed by atoms with van der Waals surface area (Å²) in [6.07, 6.45) is 2.19. The Balaban J connectivity index is 1.55. The van der Waals surface area contributed by atoms with Crippen molar-refractivity contribution in [3.05, 3.63) is 65.2 Å². The van der Waals surface area contributed by atoms with E-state index in [0.29, 0.717) is 11.6 Å². The molecule has 1 aromatic heterocycles. The van der Waals surface area contributed by atoms with Crippen molar-refractivity contribution in [2.45, 2.75) is 33.1 Å². The monoisotopic (exact) mass is 351 g/mol. The SMILES string of the molecule is CCc1ccc(CCC(=O)Nc2nnc(-c3ccc(C)cc3)s2)cc1. The Labute approximate surface area is 151 Å². The highest BCUT2D eigenvalue weighted by atomic mass is 32.1. The molecule has 0 spiro atoms. The molecule has 0 aliphatic carbocycles. The van der Waals surface area contributed by atoms with Crippen LogP contribution in [0.1, 0.15) is 30.0 Å².